The fraction of sp³-hybridized carbons (Fsp3) is 0.632. The lowest BCUT2D eigenvalue weighted by molar-refractivity contribution is -0.136. The highest BCUT2D eigenvalue weighted by Gasteiger charge is 2.37. The third-order valence-corrected chi connectivity index (χ3v) is 5.66. The average molecular weight is 300 g/mol. The number of benzene rings is 1. The van der Waals surface area contributed by atoms with Crippen molar-refractivity contribution in [1.29, 1.82) is 0 Å². The number of rotatable bonds is 2. The number of amides is 1. The predicted molar refractivity (Wildman–Crippen MR) is 89.9 cm³/mol. The Hall–Kier alpha value is -1.35. The van der Waals surface area contributed by atoms with Crippen LogP contribution in [0.3, 0.4) is 0 Å². The molecule has 120 valence electrons. The van der Waals surface area contributed by atoms with E-state index in [0.717, 1.165) is 56.4 Å². The van der Waals surface area contributed by atoms with Crippen LogP contribution < -0.4 is 5.32 Å². The highest BCUT2D eigenvalue weighted by Crippen LogP contribution is 2.32. The molecule has 1 aromatic rings. The van der Waals surface area contributed by atoms with Crippen molar-refractivity contribution in [2.45, 2.75) is 39.0 Å². The lowest BCUT2D eigenvalue weighted by atomic mass is 9.80. The van der Waals surface area contributed by atoms with Crippen molar-refractivity contribution in [3.8, 4) is 0 Å². The van der Waals surface area contributed by atoms with E-state index in [9.17, 15) is 4.79 Å². The first kappa shape index (κ1) is 15.5. The Bertz CT molecular complexity index is 538. The van der Waals surface area contributed by atoms with Crippen LogP contribution >= 0.6 is 0 Å². The molecule has 0 aromatic heterocycles. The van der Waals surface area contributed by atoms with Crippen LogP contribution in [0, 0.1) is 18.8 Å². The van der Waals surface area contributed by atoms with Gasteiger partial charge in [-0.1, -0.05) is 24.3 Å². The van der Waals surface area contributed by atoms with Gasteiger partial charge in [0.15, 0.2) is 0 Å². The van der Waals surface area contributed by atoms with E-state index in [1.165, 1.54) is 5.56 Å². The molecule has 2 aliphatic rings. The SMILES string of the molecule is Cc1ccccc1C(C)(C)C(=O)N1CC[C@@H]2CNC[C@@H]2CC1. The van der Waals surface area contributed by atoms with Gasteiger partial charge < -0.3 is 10.2 Å². The van der Waals surface area contributed by atoms with Gasteiger partial charge in [-0.05, 0) is 69.7 Å². The Balaban J connectivity index is 1.76. The minimum Gasteiger partial charge on any atom is -0.342 e. The molecular formula is C19H28N2O. The Kier molecular flexibility index (Phi) is 4.26. The van der Waals surface area contributed by atoms with Gasteiger partial charge in [-0.15, -0.1) is 0 Å². The summed E-state index contributed by atoms with van der Waals surface area (Å²) in [6, 6.07) is 8.28. The van der Waals surface area contributed by atoms with Crippen LogP contribution in [0.4, 0.5) is 0 Å². The quantitative estimate of drug-likeness (QED) is 0.911. The molecule has 1 amide bonds. The molecule has 0 radical (unpaired) electrons. The molecule has 22 heavy (non-hydrogen) atoms. The van der Waals surface area contributed by atoms with E-state index < -0.39 is 5.41 Å². The molecule has 3 nitrogen and oxygen atoms in total. The molecule has 1 aromatic carbocycles. The van der Waals surface area contributed by atoms with E-state index in [2.05, 4.69) is 43.1 Å². The highest BCUT2D eigenvalue weighted by molar-refractivity contribution is 5.87. The van der Waals surface area contributed by atoms with E-state index in [1.807, 2.05) is 12.1 Å². The number of likely N-dealkylation sites (tertiary alicyclic amines) is 1. The van der Waals surface area contributed by atoms with Crippen molar-refractivity contribution >= 4 is 5.91 Å². The number of carbonyl (C=O) groups is 1. The van der Waals surface area contributed by atoms with Gasteiger partial charge in [-0.3, -0.25) is 4.79 Å². The van der Waals surface area contributed by atoms with Crippen LogP contribution in [-0.2, 0) is 10.2 Å². The van der Waals surface area contributed by atoms with Crippen LogP contribution in [0.25, 0.3) is 0 Å². The number of fused-ring (bicyclic) bond motifs is 1. The van der Waals surface area contributed by atoms with Crippen LogP contribution in [0.2, 0.25) is 0 Å². The normalized spacial score (nSPS) is 25.7. The summed E-state index contributed by atoms with van der Waals surface area (Å²) in [5.74, 6) is 1.81. The fourth-order valence-corrected chi connectivity index (χ4v) is 4.21. The maximum atomic E-state index is 13.2. The second kappa shape index (κ2) is 6.04. The van der Waals surface area contributed by atoms with Crippen molar-refractivity contribution in [3.05, 3.63) is 35.4 Å². The molecular weight excluding hydrogens is 272 g/mol. The summed E-state index contributed by atoms with van der Waals surface area (Å²) in [5.41, 5.74) is 1.92. The van der Waals surface area contributed by atoms with E-state index >= 15 is 0 Å². The molecule has 2 atom stereocenters. The summed E-state index contributed by atoms with van der Waals surface area (Å²) in [6.07, 6.45) is 2.29. The van der Waals surface area contributed by atoms with Crippen LogP contribution in [0.1, 0.15) is 37.8 Å². The Morgan fingerprint density at radius 2 is 1.73 bits per heavy atom. The highest BCUT2D eigenvalue weighted by atomic mass is 16.2. The maximum Gasteiger partial charge on any atom is 0.232 e. The lowest BCUT2D eigenvalue weighted by Gasteiger charge is -2.33. The zero-order valence-electron chi connectivity index (χ0n) is 14.1. The third kappa shape index (κ3) is 2.79. The predicted octanol–water partition coefficient (Wildman–Crippen LogP) is 2.73. The van der Waals surface area contributed by atoms with E-state index in [4.69, 9.17) is 0 Å². The summed E-state index contributed by atoms with van der Waals surface area (Å²) in [5, 5.41) is 3.50. The molecule has 3 rings (SSSR count). The summed E-state index contributed by atoms with van der Waals surface area (Å²) < 4.78 is 0. The number of hydrogen-bond acceptors (Lipinski definition) is 2. The van der Waals surface area contributed by atoms with Gasteiger partial charge in [0.05, 0.1) is 5.41 Å². The molecule has 0 spiro atoms. The number of hydrogen-bond donors (Lipinski definition) is 1. The molecule has 2 aliphatic heterocycles. The molecule has 0 bridgehead atoms. The molecule has 0 saturated carbocycles. The Morgan fingerprint density at radius 3 is 2.32 bits per heavy atom. The van der Waals surface area contributed by atoms with Crippen molar-refractivity contribution in [2.75, 3.05) is 26.2 Å². The monoisotopic (exact) mass is 300 g/mol. The van der Waals surface area contributed by atoms with Crippen LogP contribution in [-0.4, -0.2) is 37.0 Å². The van der Waals surface area contributed by atoms with E-state index in [0.29, 0.717) is 0 Å². The first-order chi connectivity index (χ1) is 10.5. The van der Waals surface area contributed by atoms with Crippen molar-refractivity contribution in [1.82, 2.24) is 10.2 Å². The number of carbonyl (C=O) groups excluding carboxylic acids is 1. The number of nitrogens with zero attached hydrogens (tertiary/aromatic N) is 1. The smallest absolute Gasteiger partial charge is 0.232 e. The van der Waals surface area contributed by atoms with Crippen molar-refractivity contribution in [2.24, 2.45) is 11.8 Å². The summed E-state index contributed by atoms with van der Waals surface area (Å²) in [4.78, 5) is 15.3. The van der Waals surface area contributed by atoms with Gasteiger partial charge in [0.2, 0.25) is 5.91 Å². The largest absolute Gasteiger partial charge is 0.342 e. The minimum atomic E-state index is -0.441. The first-order valence-electron chi connectivity index (χ1n) is 8.56. The Labute approximate surface area is 134 Å². The minimum absolute atomic E-state index is 0.287. The number of nitrogens with one attached hydrogen (secondary N) is 1. The lowest BCUT2D eigenvalue weighted by Crippen LogP contribution is -2.44. The summed E-state index contributed by atoms with van der Waals surface area (Å²) in [7, 11) is 0. The molecule has 2 saturated heterocycles. The number of aryl methyl sites for hydroxylation is 1. The van der Waals surface area contributed by atoms with Gasteiger partial charge >= 0.3 is 0 Å². The molecule has 0 unspecified atom stereocenters. The van der Waals surface area contributed by atoms with E-state index in [1.54, 1.807) is 0 Å². The standard InChI is InChI=1S/C19H28N2O/c1-14-6-4-5-7-17(14)19(2,3)18(22)21-10-8-15-12-20-13-16(15)9-11-21/h4-7,15-16,20H,8-13H2,1-3H3/t15-,16+. The maximum absolute atomic E-state index is 13.2. The second-order valence-corrected chi connectivity index (χ2v) is 7.49. The van der Waals surface area contributed by atoms with Crippen molar-refractivity contribution in [3.63, 3.8) is 0 Å². The topological polar surface area (TPSA) is 32.3 Å². The molecule has 2 fully saturated rings. The van der Waals surface area contributed by atoms with Gasteiger partial charge in [0.25, 0.3) is 0 Å². The first-order valence-corrected chi connectivity index (χ1v) is 8.56. The van der Waals surface area contributed by atoms with Crippen molar-refractivity contribution < 1.29 is 4.79 Å². The summed E-state index contributed by atoms with van der Waals surface area (Å²) >= 11 is 0. The zero-order valence-corrected chi connectivity index (χ0v) is 14.1. The molecule has 1 N–H and O–H groups in total. The van der Waals surface area contributed by atoms with Gasteiger partial charge in [0.1, 0.15) is 0 Å². The molecule has 2 heterocycles. The van der Waals surface area contributed by atoms with Crippen LogP contribution in [0.5, 0.6) is 0 Å². The molecule has 0 aliphatic carbocycles. The molecule has 3 heteroatoms. The average Bonchev–Trinajstić information content (AvgIpc) is 2.86. The Morgan fingerprint density at radius 1 is 1.14 bits per heavy atom. The van der Waals surface area contributed by atoms with Crippen LogP contribution in [0.15, 0.2) is 24.3 Å². The second-order valence-electron chi connectivity index (χ2n) is 7.49. The van der Waals surface area contributed by atoms with Gasteiger partial charge in [0, 0.05) is 13.1 Å². The van der Waals surface area contributed by atoms with Gasteiger partial charge in [-0.2, -0.15) is 0 Å². The fourth-order valence-electron chi connectivity index (χ4n) is 4.21. The third-order valence-electron chi connectivity index (χ3n) is 5.66. The summed E-state index contributed by atoms with van der Waals surface area (Å²) in [6.45, 7) is 10.3. The zero-order chi connectivity index (χ0) is 15.7. The van der Waals surface area contributed by atoms with E-state index in [-0.39, 0.29) is 5.91 Å². The van der Waals surface area contributed by atoms with Gasteiger partial charge in [-0.25, -0.2) is 0 Å².